The number of nitrogens with zero attached hydrogens (tertiary/aromatic N) is 2. The first-order chi connectivity index (χ1) is 16.0. The van der Waals surface area contributed by atoms with Crippen LogP contribution >= 0.6 is 0 Å². The van der Waals surface area contributed by atoms with Gasteiger partial charge in [-0.2, -0.15) is 4.40 Å². The first-order valence-electron chi connectivity index (χ1n) is 11.8. The van der Waals surface area contributed by atoms with E-state index in [4.69, 9.17) is 14.2 Å². The average molecular weight is 475 g/mol. The molecule has 1 atom stereocenters. The number of sulfonamides is 1. The van der Waals surface area contributed by atoms with Gasteiger partial charge >= 0.3 is 0 Å². The van der Waals surface area contributed by atoms with E-state index >= 15 is 0 Å². The normalized spacial score (nSPS) is 31.2. The van der Waals surface area contributed by atoms with Crippen LogP contribution in [0.3, 0.4) is 0 Å². The van der Waals surface area contributed by atoms with Crippen molar-refractivity contribution in [2.24, 2.45) is 4.40 Å². The SMILES string of the molecule is O=C1COc2ccccc2C2CCC(CC2)O/C=C2/C(=N/S(=O)(=O)[C@@H]3CCOC3)CCCN12. The number of amides is 1. The second-order valence-electron chi connectivity index (χ2n) is 9.13. The minimum atomic E-state index is -3.74. The number of piperidine rings is 1. The lowest BCUT2D eigenvalue weighted by Crippen LogP contribution is -2.41. The van der Waals surface area contributed by atoms with Gasteiger partial charge in [0.2, 0.25) is 0 Å². The Bertz CT molecular complexity index is 1050. The number of fused-ring (bicyclic) bond motifs is 5. The molecule has 1 aromatic rings. The molecule has 8 nitrogen and oxygen atoms in total. The molecule has 33 heavy (non-hydrogen) atoms. The van der Waals surface area contributed by atoms with E-state index in [0.29, 0.717) is 49.7 Å². The predicted octanol–water partition coefficient (Wildman–Crippen LogP) is 3.15. The fourth-order valence-corrected chi connectivity index (χ4v) is 6.41. The number of allylic oxidation sites excluding steroid dienone is 1. The molecule has 1 amide bonds. The van der Waals surface area contributed by atoms with Gasteiger partial charge in [-0.05, 0) is 62.5 Å². The molecule has 0 radical (unpaired) electrons. The molecular weight excluding hydrogens is 444 g/mol. The smallest absolute Gasteiger partial charge is 0.265 e. The Hall–Kier alpha value is -2.39. The summed E-state index contributed by atoms with van der Waals surface area (Å²) in [4.78, 5) is 14.8. The van der Waals surface area contributed by atoms with Crippen LogP contribution in [0.2, 0.25) is 0 Å². The van der Waals surface area contributed by atoms with Gasteiger partial charge in [0, 0.05) is 13.2 Å². The number of ether oxygens (including phenoxy) is 3. The Balaban J connectivity index is 1.48. The van der Waals surface area contributed by atoms with Crippen LogP contribution in [0.4, 0.5) is 0 Å². The van der Waals surface area contributed by atoms with Gasteiger partial charge in [-0.3, -0.25) is 4.79 Å². The third-order valence-corrected chi connectivity index (χ3v) is 8.67. The fourth-order valence-electron chi connectivity index (χ4n) is 5.11. The lowest BCUT2D eigenvalue weighted by atomic mass is 9.82. The van der Waals surface area contributed by atoms with Crippen LogP contribution in [0.5, 0.6) is 5.75 Å². The quantitative estimate of drug-likeness (QED) is 0.654. The maximum absolute atomic E-state index is 13.2. The largest absolute Gasteiger partial charge is 0.496 e. The molecule has 0 aromatic heterocycles. The van der Waals surface area contributed by atoms with E-state index < -0.39 is 15.3 Å². The summed E-state index contributed by atoms with van der Waals surface area (Å²) >= 11 is 0. The number of carbonyl (C=O) groups is 1. The van der Waals surface area contributed by atoms with E-state index in [1.807, 2.05) is 18.2 Å². The van der Waals surface area contributed by atoms with Crippen LogP contribution in [0.15, 0.2) is 40.6 Å². The summed E-state index contributed by atoms with van der Waals surface area (Å²) in [5, 5.41) is -0.637. The van der Waals surface area contributed by atoms with Crippen LogP contribution in [-0.2, 0) is 24.3 Å². The molecule has 178 valence electrons. The van der Waals surface area contributed by atoms with Crippen molar-refractivity contribution in [2.45, 2.75) is 62.2 Å². The molecule has 3 fully saturated rings. The van der Waals surface area contributed by atoms with Crippen LogP contribution < -0.4 is 4.74 Å². The van der Waals surface area contributed by atoms with E-state index in [1.54, 1.807) is 11.2 Å². The molecule has 1 saturated carbocycles. The zero-order chi connectivity index (χ0) is 22.8. The molecule has 4 heterocycles. The first kappa shape index (κ1) is 22.4. The van der Waals surface area contributed by atoms with Gasteiger partial charge in [0.05, 0.1) is 18.4 Å². The summed E-state index contributed by atoms with van der Waals surface area (Å²) in [6.45, 7) is 0.930. The first-order valence-corrected chi connectivity index (χ1v) is 13.3. The molecule has 0 spiro atoms. The van der Waals surface area contributed by atoms with Gasteiger partial charge < -0.3 is 19.1 Å². The molecule has 4 aliphatic heterocycles. The van der Waals surface area contributed by atoms with Crippen LogP contribution in [0.1, 0.15) is 56.4 Å². The van der Waals surface area contributed by atoms with Crippen LogP contribution in [-0.4, -0.2) is 62.7 Å². The Morgan fingerprint density at radius 2 is 1.88 bits per heavy atom. The van der Waals surface area contributed by atoms with Crippen molar-refractivity contribution in [3.8, 4) is 5.75 Å². The minimum Gasteiger partial charge on any atom is -0.496 e. The molecule has 6 rings (SSSR count). The third-order valence-electron chi connectivity index (χ3n) is 6.99. The molecule has 0 unspecified atom stereocenters. The van der Waals surface area contributed by atoms with Gasteiger partial charge in [0.15, 0.2) is 6.61 Å². The zero-order valence-electron chi connectivity index (χ0n) is 18.6. The highest BCUT2D eigenvalue weighted by molar-refractivity contribution is 7.90. The number of para-hydroxylation sites is 1. The second kappa shape index (κ2) is 9.46. The van der Waals surface area contributed by atoms with Crippen molar-refractivity contribution in [3.05, 3.63) is 41.8 Å². The molecule has 1 aromatic carbocycles. The highest BCUT2D eigenvalue weighted by atomic mass is 32.2. The Labute approximate surface area is 194 Å². The van der Waals surface area contributed by atoms with Crippen LogP contribution in [0.25, 0.3) is 0 Å². The summed E-state index contributed by atoms with van der Waals surface area (Å²) in [6, 6.07) is 7.93. The summed E-state index contributed by atoms with van der Waals surface area (Å²) in [6.07, 6.45) is 6.86. The maximum Gasteiger partial charge on any atom is 0.265 e. The van der Waals surface area contributed by atoms with Crippen molar-refractivity contribution >= 4 is 21.6 Å². The zero-order valence-corrected chi connectivity index (χ0v) is 19.5. The van der Waals surface area contributed by atoms with Gasteiger partial charge in [-0.1, -0.05) is 18.2 Å². The van der Waals surface area contributed by atoms with Crippen molar-refractivity contribution < 1.29 is 27.4 Å². The topological polar surface area (TPSA) is 94.5 Å². The summed E-state index contributed by atoms with van der Waals surface area (Å²) in [5.74, 6) is 0.887. The summed E-state index contributed by atoms with van der Waals surface area (Å²) in [7, 11) is -3.74. The lowest BCUT2D eigenvalue weighted by molar-refractivity contribution is -0.131. The van der Waals surface area contributed by atoms with E-state index in [2.05, 4.69) is 10.5 Å². The van der Waals surface area contributed by atoms with Gasteiger partial charge in [0.25, 0.3) is 15.9 Å². The van der Waals surface area contributed by atoms with E-state index in [0.717, 1.165) is 37.0 Å². The van der Waals surface area contributed by atoms with Gasteiger partial charge in [-0.15, -0.1) is 0 Å². The van der Waals surface area contributed by atoms with E-state index in [-0.39, 0.29) is 25.2 Å². The molecule has 2 bridgehead atoms. The number of hydrogen-bond acceptors (Lipinski definition) is 6. The number of carbonyl (C=O) groups excluding carboxylic acids is 1. The Morgan fingerprint density at radius 3 is 2.67 bits per heavy atom. The summed E-state index contributed by atoms with van der Waals surface area (Å²) < 4.78 is 47.3. The minimum absolute atomic E-state index is 0.0301. The van der Waals surface area contributed by atoms with Crippen molar-refractivity contribution in [1.29, 1.82) is 0 Å². The molecule has 9 heteroatoms. The van der Waals surface area contributed by atoms with Crippen LogP contribution in [0, 0.1) is 0 Å². The highest BCUT2D eigenvalue weighted by Gasteiger charge is 2.34. The highest BCUT2D eigenvalue weighted by Crippen LogP contribution is 2.39. The fraction of sp³-hybridized carbons (Fsp3) is 0.583. The Morgan fingerprint density at radius 1 is 1.06 bits per heavy atom. The maximum atomic E-state index is 13.2. The van der Waals surface area contributed by atoms with E-state index in [1.165, 1.54) is 0 Å². The lowest BCUT2D eigenvalue weighted by Gasteiger charge is -2.31. The van der Waals surface area contributed by atoms with Crippen molar-refractivity contribution in [2.75, 3.05) is 26.4 Å². The van der Waals surface area contributed by atoms with Crippen molar-refractivity contribution in [1.82, 2.24) is 4.90 Å². The van der Waals surface area contributed by atoms with E-state index in [9.17, 15) is 13.2 Å². The second-order valence-corrected chi connectivity index (χ2v) is 11.0. The molecule has 2 saturated heterocycles. The average Bonchev–Trinajstić information content (AvgIpc) is 3.38. The molecule has 5 aliphatic rings. The number of hydrogen-bond donors (Lipinski definition) is 0. The van der Waals surface area contributed by atoms with Gasteiger partial charge in [-0.25, -0.2) is 8.42 Å². The number of rotatable bonds is 2. The number of benzene rings is 1. The van der Waals surface area contributed by atoms with Crippen molar-refractivity contribution in [3.63, 3.8) is 0 Å². The molecular formula is C24H30N2O6S. The summed E-state index contributed by atoms with van der Waals surface area (Å²) in [5.41, 5.74) is 1.96. The molecule has 0 N–H and O–H groups in total. The third kappa shape index (κ3) is 4.80. The molecule has 1 aliphatic carbocycles. The Kier molecular flexibility index (Phi) is 6.42. The standard InChI is InChI=1S/C24H30N2O6S/c27-24-16-32-23-6-2-1-4-20(23)17-7-9-18(10-8-17)31-15-22-21(5-3-12-26(22)24)25-33(28,29)19-11-13-30-14-19/h1-2,4,6,15,17-19H,3,5,7-14,16H2/b22-15-,25-21+/t17?,18?,19-/m1/s1. The van der Waals surface area contributed by atoms with Gasteiger partial charge in [0.1, 0.15) is 23.0 Å². The predicted molar refractivity (Wildman–Crippen MR) is 123 cm³/mol. The monoisotopic (exact) mass is 474 g/mol.